The molecule has 9 heteroatoms. The molecule has 0 unspecified atom stereocenters. The number of nitrogens with zero attached hydrogens (tertiary/aromatic N) is 4. The van der Waals surface area contributed by atoms with Crippen LogP contribution in [0.25, 0.3) is 11.2 Å². The molecule has 1 fully saturated rings. The van der Waals surface area contributed by atoms with Crippen molar-refractivity contribution in [1.82, 2.24) is 18.8 Å². The fourth-order valence-corrected chi connectivity index (χ4v) is 5.24. The summed E-state index contributed by atoms with van der Waals surface area (Å²) in [6, 6.07) is 10.3. The van der Waals surface area contributed by atoms with Crippen LogP contribution >= 0.6 is 0 Å². The zero-order valence-electron chi connectivity index (χ0n) is 16.5. The van der Waals surface area contributed by atoms with E-state index >= 15 is 0 Å². The van der Waals surface area contributed by atoms with Gasteiger partial charge < -0.3 is 14.0 Å². The largest absolute Gasteiger partial charge is 0.497 e. The fraction of sp³-hybridized carbons (Fsp3) is 0.400. The molecule has 0 saturated carbocycles. The number of aromatic nitrogens is 3. The SMILES string of the molecule is COCCn1c([C@H]2CCN(S(=O)(=O)c3ccc(OC)cc3)C2)nc2cccnc21. The van der Waals surface area contributed by atoms with Crippen LogP contribution in [0.15, 0.2) is 47.5 Å². The number of hydrogen-bond donors (Lipinski definition) is 0. The molecule has 154 valence electrons. The quantitative estimate of drug-likeness (QED) is 0.587. The van der Waals surface area contributed by atoms with E-state index in [-0.39, 0.29) is 10.8 Å². The first-order valence-electron chi connectivity index (χ1n) is 9.49. The normalized spacial score (nSPS) is 17.8. The van der Waals surface area contributed by atoms with Gasteiger partial charge in [-0.1, -0.05) is 0 Å². The maximum absolute atomic E-state index is 13.1. The lowest BCUT2D eigenvalue weighted by molar-refractivity contribution is 0.187. The number of hydrogen-bond acceptors (Lipinski definition) is 6. The van der Waals surface area contributed by atoms with Gasteiger partial charge in [0.2, 0.25) is 10.0 Å². The van der Waals surface area contributed by atoms with Gasteiger partial charge in [-0.25, -0.2) is 18.4 Å². The van der Waals surface area contributed by atoms with E-state index in [1.807, 2.05) is 16.7 Å². The van der Waals surface area contributed by atoms with Crippen molar-refractivity contribution in [3.63, 3.8) is 0 Å². The Morgan fingerprint density at radius 2 is 1.97 bits per heavy atom. The standard InChI is InChI=1S/C20H24N4O4S/c1-27-13-12-24-19(22-18-4-3-10-21-20(18)24)15-9-11-23(14-15)29(25,26)17-7-5-16(28-2)6-8-17/h3-8,10,15H,9,11-14H2,1-2H3/t15-/m0/s1. The number of fused-ring (bicyclic) bond motifs is 1. The molecule has 8 nitrogen and oxygen atoms in total. The minimum atomic E-state index is -3.56. The second kappa shape index (κ2) is 8.10. The van der Waals surface area contributed by atoms with Crippen LogP contribution in [-0.2, 0) is 21.3 Å². The molecule has 0 spiro atoms. The van der Waals surface area contributed by atoms with Crippen LogP contribution in [0.5, 0.6) is 5.75 Å². The highest BCUT2D eigenvalue weighted by Crippen LogP contribution is 2.32. The summed E-state index contributed by atoms with van der Waals surface area (Å²) >= 11 is 0. The van der Waals surface area contributed by atoms with Gasteiger partial charge in [0.25, 0.3) is 0 Å². The van der Waals surface area contributed by atoms with Gasteiger partial charge in [-0.3, -0.25) is 0 Å². The lowest BCUT2D eigenvalue weighted by Crippen LogP contribution is -2.29. The number of sulfonamides is 1. The van der Waals surface area contributed by atoms with Crippen molar-refractivity contribution in [3.05, 3.63) is 48.4 Å². The van der Waals surface area contributed by atoms with Crippen molar-refractivity contribution >= 4 is 21.2 Å². The van der Waals surface area contributed by atoms with E-state index in [9.17, 15) is 8.42 Å². The topological polar surface area (TPSA) is 86.5 Å². The number of benzene rings is 1. The Kier molecular flexibility index (Phi) is 5.53. The predicted molar refractivity (Wildman–Crippen MR) is 109 cm³/mol. The molecule has 1 atom stereocenters. The van der Waals surface area contributed by atoms with Gasteiger partial charge >= 0.3 is 0 Å². The van der Waals surface area contributed by atoms with Crippen LogP contribution in [-0.4, -0.2) is 61.2 Å². The molecule has 29 heavy (non-hydrogen) atoms. The van der Waals surface area contributed by atoms with Crippen LogP contribution < -0.4 is 4.74 Å². The molecule has 1 aromatic carbocycles. The monoisotopic (exact) mass is 416 g/mol. The van der Waals surface area contributed by atoms with Gasteiger partial charge in [-0.15, -0.1) is 0 Å². The number of methoxy groups -OCH3 is 2. The molecule has 3 aromatic rings. The third-order valence-corrected chi connectivity index (χ3v) is 7.15. The Morgan fingerprint density at radius 1 is 1.17 bits per heavy atom. The maximum Gasteiger partial charge on any atom is 0.243 e. The fourth-order valence-electron chi connectivity index (χ4n) is 3.74. The van der Waals surface area contributed by atoms with E-state index in [0.29, 0.717) is 38.4 Å². The molecule has 0 bridgehead atoms. The average Bonchev–Trinajstić information content (AvgIpc) is 3.37. The van der Waals surface area contributed by atoms with Crippen LogP contribution in [0.2, 0.25) is 0 Å². The summed E-state index contributed by atoms with van der Waals surface area (Å²) < 4.78 is 40.1. The van der Waals surface area contributed by atoms with Crippen LogP contribution in [0.1, 0.15) is 18.2 Å². The zero-order valence-corrected chi connectivity index (χ0v) is 17.3. The molecule has 3 heterocycles. The van der Waals surface area contributed by atoms with Crippen molar-refractivity contribution in [3.8, 4) is 5.75 Å². The van der Waals surface area contributed by atoms with E-state index in [0.717, 1.165) is 17.0 Å². The lowest BCUT2D eigenvalue weighted by Gasteiger charge is -2.17. The highest BCUT2D eigenvalue weighted by molar-refractivity contribution is 7.89. The summed E-state index contributed by atoms with van der Waals surface area (Å²) in [4.78, 5) is 9.50. The van der Waals surface area contributed by atoms with Crippen LogP contribution in [0, 0.1) is 0 Å². The summed E-state index contributed by atoms with van der Waals surface area (Å²) in [5.41, 5.74) is 1.62. The smallest absolute Gasteiger partial charge is 0.243 e. The molecule has 2 aromatic heterocycles. The summed E-state index contributed by atoms with van der Waals surface area (Å²) in [6.45, 7) is 2.02. The Hall–Kier alpha value is -2.49. The van der Waals surface area contributed by atoms with Gasteiger partial charge in [0, 0.05) is 38.9 Å². The van der Waals surface area contributed by atoms with Gasteiger partial charge in [0.05, 0.1) is 18.6 Å². The van der Waals surface area contributed by atoms with E-state index in [1.54, 1.807) is 44.7 Å². The molecule has 1 aliphatic rings. The van der Waals surface area contributed by atoms with Crippen LogP contribution in [0.3, 0.4) is 0 Å². The molecule has 0 aliphatic carbocycles. The Balaban J connectivity index is 1.61. The first-order chi connectivity index (χ1) is 14.0. The summed E-state index contributed by atoms with van der Waals surface area (Å²) in [5.74, 6) is 1.50. The van der Waals surface area contributed by atoms with E-state index in [2.05, 4.69) is 4.98 Å². The Labute approximate surface area is 170 Å². The zero-order chi connectivity index (χ0) is 20.4. The molecule has 4 rings (SSSR count). The van der Waals surface area contributed by atoms with E-state index < -0.39 is 10.0 Å². The third-order valence-electron chi connectivity index (χ3n) is 5.27. The van der Waals surface area contributed by atoms with Crippen molar-refractivity contribution < 1.29 is 17.9 Å². The number of ether oxygens (including phenoxy) is 2. The molecule has 0 amide bonds. The summed E-state index contributed by atoms with van der Waals surface area (Å²) in [5, 5.41) is 0. The minimum Gasteiger partial charge on any atom is -0.497 e. The molecule has 0 N–H and O–H groups in total. The highest BCUT2D eigenvalue weighted by atomic mass is 32.2. The summed E-state index contributed by atoms with van der Waals surface area (Å²) in [6.07, 6.45) is 2.46. The van der Waals surface area contributed by atoms with E-state index in [4.69, 9.17) is 14.5 Å². The van der Waals surface area contributed by atoms with Gasteiger partial charge in [-0.2, -0.15) is 4.31 Å². The maximum atomic E-state index is 13.1. The summed E-state index contributed by atoms with van der Waals surface area (Å²) in [7, 11) is -0.352. The van der Waals surface area contributed by atoms with Gasteiger partial charge in [-0.05, 0) is 42.8 Å². The van der Waals surface area contributed by atoms with Gasteiger partial charge in [0.15, 0.2) is 5.65 Å². The van der Waals surface area contributed by atoms with Crippen molar-refractivity contribution in [2.45, 2.75) is 23.8 Å². The second-order valence-electron chi connectivity index (χ2n) is 6.98. The third kappa shape index (κ3) is 3.73. The molecule has 1 saturated heterocycles. The molecule has 1 aliphatic heterocycles. The molecular weight excluding hydrogens is 392 g/mol. The van der Waals surface area contributed by atoms with Crippen molar-refractivity contribution in [2.75, 3.05) is 33.9 Å². The lowest BCUT2D eigenvalue weighted by atomic mass is 10.1. The minimum absolute atomic E-state index is 0.00841. The first kappa shape index (κ1) is 19.8. The highest BCUT2D eigenvalue weighted by Gasteiger charge is 2.35. The molecule has 0 radical (unpaired) electrons. The Morgan fingerprint density at radius 3 is 2.69 bits per heavy atom. The average molecular weight is 417 g/mol. The number of rotatable bonds is 7. The number of pyridine rings is 1. The first-order valence-corrected chi connectivity index (χ1v) is 10.9. The van der Waals surface area contributed by atoms with Crippen molar-refractivity contribution in [1.29, 1.82) is 0 Å². The second-order valence-corrected chi connectivity index (χ2v) is 8.92. The predicted octanol–water partition coefficient (Wildman–Crippen LogP) is 2.26. The molecular formula is C20H24N4O4S. The van der Waals surface area contributed by atoms with Gasteiger partial charge in [0.1, 0.15) is 17.1 Å². The van der Waals surface area contributed by atoms with E-state index in [1.165, 1.54) is 4.31 Å². The van der Waals surface area contributed by atoms with Crippen molar-refractivity contribution in [2.24, 2.45) is 0 Å². The Bertz CT molecular complexity index is 1100. The number of imidazole rings is 1. The van der Waals surface area contributed by atoms with Crippen LogP contribution in [0.4, 0.5) is 0 Å².